The fourth-order valence-electron chi connectivity index (χ4n) is 2.69. The number of hydrogen-bond donors (Lipinski definition) is 2. The summed E-state index contributed by atoms with van der Waals surface area (Å²) in [7, 11) is 0. The Labute approximate surface area is 115 Å². The molecule has 0 aromatic carbocycles. The first kappa shape index (κ1) is 13.8. The van der Waals surface area contributed by atoms with E-state index in [1.807, 2.05) is 25.1 Å². The Morgan fingerprint density at radius 3 is 2.95 bits per heavy atom. The van der Waals surface area contributed by atoms with E-state index in [0.717, 1.165) is 18.5 Å². The van der Waals surface area contributed by atoms with Crippen LogP contribution in [0, 0.1) is 5.92 Å². The van der Waals surface area contributed by atoms with Crippen molar-refractivity contribution in [2.75, 3.05) is 0 Å². The number of nitrogens with zero attached hydrogens (tertiary/aromatic N) is 1. The van der Waals surface area contributed by atoms with Gasteiger partial charge >= 0.3 is 6.03 Å². The predicted molar refractivity (Wildman–Crippen MR) is 75.7 cm³/mol. The molecule has 1 aromatic rings. The molecular weight excluding hydrogens is 238 g/mol. The van der Waals surface area contributed by atoms with Crippen molar-refractivity contribution in [2.24, 2.45) is 5.92 Å². The van der Waals surface area contributed by atoms with Crippen LogP contribution in [-0.4, -0.2) is 17.1 Å². The highest BCUT2D eigenvalue weighted by Crippen LogP contribution is 2.23. The van der Waals surface area contributed by atoms with Crippen molar-refractivity contribution in [3.05, 3.63) is 30.1 Å². The SMILES string of the molecule is CC1CCCC(NC(=O)NC(C)c2ccccn2)C1. The van der Waals surface area contributed by atoms with Crippen molar-refractivity contribution < 1.29 is 4.79 Å². The average molecular weight is 261 g/mol. The lowest BCUT2D eigenvalue weighted by Gasteiger charge is -2.28. The van der Waals surface area contributed by atoms with Gasteiger partial charge in [-0.3, -0.25) is 4.98 Å². The molecule has 2 rings (SSSR count). The third kappa shape index (κ3) is 4.23. The van der Waals surface area contributed by atoms with Crippen molar-refractivity contribution in [1.82, 2.24) is 15.6 Å². The van der Waals surface area contributed by atoms with E-state index in [-0.39, 0.29) is 12.1 Å². The average Bonchev–Trinajstić information content (AvgIpc) is 2.39. The van der Waals surface area contributed by atoms with Gasteiger partial charge in [-0.2, -0.15) is 0 Å². The molecule has 0 radical (unpaired) electrons. The van der Waals surface area contributed by atoms with E-state index in [4.69, 9.17) is 0 Å². The highest BCUT2D eigenvalue weighted by atomic mass is 16.2. The normalized spacial score (nSPS) is 24.5. The summed E-state index contributed by atoms with van der Waals surface area (Å²) in [5.74, 6) is 0.715. The zero-order valence-corrected chi connectivity index (χ0v) is 11.7. The first-order valence-corrected chi connectivity index (χ1v) is 7.13. The van der Waals surface area contributed by atoms with Crippen molar-refractivity contribution in [3.8, 4) is 0 Å². The van der Waals surface area contributed by atoms with Crippen LogP contribution in [0.1, 0.15) is 51.3 Å². The van der Waals surface area contributed by atoms with Gasteiger partial charge in [0.05, 0.1) is 11.7 Å². The minimum atomic E-state index is -0.0859. The lowest BCUT2D eigenvalue weighted by molar-refractivity contribution is 0.224. The van der Waals surface area contributed by atoms with Gasteiger partial charge in [-0.25, -0.2) is 4.79 Å². The molecule has 1 fully saturated rings. The second kappa shape index (κ2) is 6.55. The van der Waals surface area contributed by atoms with Crippen LogP contribution in [0.5, 0.6) is 0 Å². The van der Waals surface area contributed by atoms with E-state index in [2.05, 4.69) is 22.5 Å². The summed E-state index contributed by atoms with van der Waals surface area (Å²) in [6, 6.07) is 5.90. The van der Waals surface area contributed by atoms with E-state index in [0.29, 0.717) is 12.0 Å². The summed E-state index contributed by atoms with van der Waals surface area (Å²) in [6.45, 7) is 4.20. The fraction of sp³-hybridized carbons (Fsp3) is 0.600. The molecule has 2 N–H and O–H groups in total. The van der Waals surface area contributed by atoms with Gasteiger partial charge in [0.2, 0.25) is 0 Å². The van der Waals surface area contributed by atoms with E-state index in [9.17, 15) is 4.79 Å². The molecule has 1 aliphatic rings. The van der Waals surface area contributed by atoms with Crippen molar-refractivity contribution in [2.45, 2.75) is 51.6 Å². The smallest absolute Gasteiger partial charge is 0.315 e. The number of urea groups is 1. The summed E-state index contributed by atoms with van der Waals surface area (Å²) in [5.41, 5.74) is 0.884. The molecule has 0 bridgehead atoms. The Kier molecular flexibility index (Phi) is 4.77. The molecule has 104 valence electrons. The molecular formula is C15H23N3O. The van der Waals surface area contributed by atoms with Crippen LogP contribution in [0.4, 0.5) is 4.79 Å². The first-order chi connectivity index (χ1) is 9.15. The molecule has 1 heterocycles. The van der Waals surface area contributed by atoms with Crippen molar-refractivity contribution in [1.29, 1.82) is 0 Å². The highest BCUT2D eigenvalue weighted by molar-refractivity contribution is 5.74. The molecule has 3 unspecified atom stereocenters. The zero-order chi connectivity index (χ0) is 13.7. The van der Waals surface area contributed by atoms with Gasteiger partial charge in [0.15, 0.2) is 0 Å². The topological polar surface area (TPSA) is 54.0 Å². The van der Waals surface area contributed by atoms with Crippen LogP contribution >= 0.6 is 0 Å². The van der Waals surface area contributed by atoms with E-state index in [1.54, 1.807) is 6.20 Å². The maximum atomic E-state index is 12.0. The van der Waals surface area contributed by atoms with Gasteiger partial charge in [-0.15, -0.1) is 0 Å². The number of pyridine rings is 1. The Hall–Kier alpha value is -1.58. The molecule has 4 nitrogen and oxygen atoms in total. The standard InChI is InChI=1S/C15H23N3O/c1-11-6-5-7-13(10-11)18-15(19)17-12(2)14-8-3-4-9-16-14/h3-4,8-9,11-13H,5-7,10H2,1-2H3,(H2,17,18,19). The number of nitrogens with one attached hydrogen (secondary N) is 2. The summed E-state index contributed by atoms with van der Waals surface area (Å²) < 4.78 is 0. The van der Waals surface area contributed by atoms with Crippen molar-refractivity contribution in [3.63, 3.8) is 0 Å². The number of carbonyl (C=O) groups excluding carboxylic acids is 1. The number of rotatable bonds is 3. The monoisotopic (exact) mass is 261 g/mol. The molecule has 0 aliphatic heterocycles. The molecule has 2 amide bonds. The summed E-state index contributed by atoms with van der Waals surface area (Å²) in [6.07, 6.45) is 6.42. The van der Waals surface area contributed by atoms with Crippen LogP contribution in [0.25, 0.3) is 0 Å². The first-order valence-electron chi connectivity index (χ1n) is 7.13. The highest BCUT2D eigenvalue weighted by Gasteiger charge is 2.21. The number of hydrogen-bond acceptors (Lipinski definition) is 2. The zero-order valence-electron chi connectivity index (χ0n) is 11.7. The van der Waals surface area contributed by atoms with Crippen molar-refractivity contribution >= 4 is 6.03 Å². The van der Waals surface area contributed by atoms with Gasteiger partial charge < -0.3 is 10.6 Å². The second-order valence-electron chi connectivity index (χ2n) is 5.56. The van der Waals surface area contributed by atoms with Crippen LogP contribution in [-0.2, 0) is 0 Å². The lowest BCUT2D eigenvalue weighted by atomic mass is 9.87. The molecule has 0 saturated heterocycles. The third-order valence-electron chi connectivity index (χ3n) is 3.75. The maximum absolute atomic E-state index is 12.0. The largest absolute Gasteiger partial charge is 0.335 e. The van der Waals surface area contributed by atoms with E-state index >= 15 is 0 Å². The van der Waals surface area contributed by atoms with Gasteiger partial charge in [0, 0.05) is 12.2 Å². The number of carbonyl (C=O) groups is 1. The van der Waals surface area contributed by atoms with Crippen LogP contribution < -0.4 is 10.6 Å². The molecule has 1 aliphatic carbocycles. The summed E-state index contributed by atoms with van der Waals surface area (Å²) >= 11 is 0. The van der Waals surface area contributed by atoms with Gasteiger partial charge in [0.1, 0.15) is 0 Å². The molecule has 4 heteroatoms. The summed E-state index contributed by atoms with van der Waals surface area (Å²) in [5, 5.41) is 6.02. The van der Waals surface area contributed by atoms with Gasteiger partial charge in [-0.05, 0) is 37.8 Å². The minimum absolute atomic E-state index is 0.0674. The van der Waals surface area contributed by atoms with Gasteiger partial charge in [-0.1, -0.05) is 25.8 Å². The minimum Gasteiger partial charge on any atom is -0.335 e. The van der Waals surface area contributed by atoms with Crippen LogP contribution in [0.15, 0.2) is 24.4 Å². The van der Waals surface area contributed by atoms with Crippen LogP contribution in [0.2, 0.25) is 0 Å². The van der Waals surface area contributed by atoms with E-state index in [1.165, 1.54) is 12.8 Å². The second-order valence-corrected chi connectivity index (χ2v) is 5.56. The molecule has 0 spiro atoms. The van der Waals surface area contributed by atoms with Gasteiger partial charge in [0.25, 0.3) is 0 Å². The fourth-order valence-corrected chi connectivity index (χ4v) is 2.69. The quantitative estimate of drug-likeness (QED) is 0.878. The van der Waals surface area contributed by atoms with Crippen LogP contribution in [0.3, 0.4) is 0 Å². The van der Waals surface area contributed by atoms with E-state index < -0.39 is 0 Å². The predicted octanol–water partition coefficient (Wildman–Crippen LogP) is 3.02. The Morgan fingerprint density at radius 2 is 2.26 bits per heavy atom. The molecule has 1 aromatic heterocycles. The molecule has 19 heavy (non-hydrogen) atoms. The Bertz CT molecular complexity index is 407. The number of amides is 2. The molecule has 3 atom stereocenters. The maximum Gasteiger partial charge on any atom is 0.315 e. The Balaban J connectivity index is 1.81. The summed E-state index contributed by atoms with van der Waals surface area (Å²) in [4.78, 5) is 16.2. The molecule has 1 saturated carbocycles. The third-order valence-corrected chi connectivity index (χ3v) is 3.75. The lowest BCUT2D eigenvalue weighted by Crippen LogP contribution is -2.44. The number of aromatic nitrogens is 1. The Morgan fingerprint density at radius 1 is 1.42 bits per heavy atom.